The van der Waals surface area contributed by atoms with Gasteiger partial charge in [0.05, 0.1) is 18.2 Å². The second-order valence-corrected chi connectivity index (χ2v) is 17.2. The number of pyridine rings is 1. The van der Waals surface area contributed by atoms with E-state index < -0.39 is 11.5 Å². The molecule has 1 unspecified atom stereocenters. The van der Waals surface area contributed by atoms with Crippen molar-refractivity contribution in [3.63, 3.8) is 0 Å². The summed E-state index contributed by atoms with van der Waals surface area (Å²) in [6.45, 7) is 11.8. The lowest BCUT2D eigenvalue weighted by Crippen LogP contribution is -2.61. The number of amides is 2. The Labute approximate surface area is 363 Å². The van der Waals surface area contributed by atoms with Gasteiger partial charge >= 0.3 is 0 Å². The zero-order chi connectivity index (χ0) is 43.2. The van der Waals surface area contributed by atoms with Crippen LogP contribution in [0.1, 0.15) is 68.3 Å². The van der Waals surface area contributed by atoms with E-state index in [0.29, 0.717) is 77.5 Å². The molecule has 10 rings (SSSR count). The van der Waals surface area contributed by atoms with Crippen molar-refractivity contribution in [3.8, 4) is 5.82 Å². The van der Waals surface area contributed by atoms with Crippen LogP contribution in [0.2, 0.25) is 0 Å². The molecule has 63 heavy (non-hydrogen) atoms. The highest BCUT2D eigenvalue weighted by Gasteiger charge is 2.38. The Kier molecular flexibility index (Phi) is 10.8. The highest BCUT2D eigenvalue weighted by molar-refractivity contribution is 6.02. The molecule has 1 aliphatic carbocycles. The molecule has 2 amide bonds. The van der Waals surface area contributed by atoms with Crippen molar-refractivity contribution in [2.45, 2.75) is 82.0 Å². The van der Waals surface area contributed by atoms with Gasteiger partial charge in [-0.05, 0) is 86.6 Å². The molecule has 6 aromatic rings. The summed E-state index contributed by atoms with van der Waals surface area (Å²) in [4.78, 5) is 56.6. The molecular formula is C46H52N12O5. The standard InChI is InChI=1S/C46H52N12O5/c1-3-21-57-44(61)36-25-49-45(53-42(36)58(57)38-13-5-28-15-18-46(62,4-2)41(28)51-38)50-31-8-6-29(7-9-31)47-19-20-48-30-16-22-55(23-17-30)33-26-56(27-33)32-10-11-34-37(24-32)63-54-40(34)35-12-14-39(59)52-43(35)60/h3,5-11,13,24-25,30,33,35,47-48,62H,1,4,12,14-23,26-27H2,2H3,(H,49,50,53)(H,52,59,60)/t35?,46-/m1/s1. The van der Waals surface area contributed by atoms with E-state index in [1.165, 1.54) is 0 Å². The molecule has 0 saturated carbocycles. The molecule has 3 aliphatic heterocycles. The van der Waals surface area contributed by atoms with Crippen LogP contribution < -0.4 is 31.7 Å². The number of benzene rings is 2. The molecule has 326 valence electrons. The van der Waals surface area contributed by atoms with Gasteiger partial charge in [0.15, 0.2) is 17.0 Å². The van der Waals surface area contributed by atoms with E-state index in [1.54, 1.807) is 21.6 Å². The van der Waals surface area contributed by atoms with Gasteiger partial charge in [-0.2, -0.15) is 4.98 Å². The number of likely N-dealkylation sites (tertiary alicyclic amines) is 1. The zero-order valence-corrected chi connectivity index (χ0v) is 35.3. The minimum absolute atomic E-state index is 0.240. The first-order chi connectivity index (χ1) is 30.7. The smallest absolute Gasteiger partial charge is 0.278 e. The van der Waals surface area contributed by atoms with Crippen LogP contribution in [0.3, 0.4) is 0 Å². The van der Waals surface area contributed by atoms with Crippen molar-refractivity contribution in [3.05, 3.63) is 101 Å². The van der Waals surface area contributed by atoms with Crippen LogP contribution in [-0.2, 0) is 28.2 Å². The molecule has 3 saturated heterocycles. The van der Waals surface area contributed by atoms with Crippen LogP contribution >= 0.6 is 0 Å². The predicted molar refractivity (Wildman–Crippen MR) is 240 cm³/mol. The van der Waals surface area contributed by atoms with Crippen molar-refractivity contribution in [1.82, 2.24) is 45.0 Å². The summed E-state index contributed by atoms with van der Waals surface area (Å²) in [6.07, 6.45) is 8.11. The van der Waals surface area contributed by atoms with Crippen LogP contribution in [0.5, 0.6) is 0 Å². The fourth-order valence-corrected chi connectivity index (χ4v) is 9.61. The lowest BCUT2D eigenvalue weighted by atomic mass is 9.92. The van der Waals surface area contributed by atoms with Crippen LogP contribution in [0.4, 0.5) is 23.0 Å². The maximum absolute atomic E-state index is 13.5. The Morgan fingerprint density at radius 1 is 0.968 bits per heavy atom. The third kappa shape index (κ3) is 7.74. The Balaban J connectivity index is 0.687. The van der Waals surface area contributed by atoms with Crippen molar-refractivity contribution in [2.75, 3.05) is 54.8 Å². The number of aryl methyl sites for hydroxylation is 1. The zero-order valence-electron chi connectivity index (χ0n) is 35.3. The first-order valence-electron chi connectivity index (χ1n) is 22.1. The topological polar surface area (TPSA) is 201 Å². The largest absolute Gasteiger partial charge is 0.384 e. The van der Waals surface area contributed by atoms with Crippen molar-refractivity contribution >= 4 is 56.8 Å². The van der Waals surface area contributed by atoms with E-state index in [2.05, 4.69) is 53.9 Å². The molecule has 3 fully saturated rings. The van der Waals surface area contributed by atoms with Crippen LogP contribution in [0.15, 0.2) is 82.8 Å². The number of carbonyl (C=O) groups excluding carboxylic acids is 2. The number of fused-ring (bicyclic) bond motifs is 3. The van der Waals surface area contributed by atoms with Crippen LogP contribution in [0, 0.1) is 0 Å². The highest BCUT2D eigenvalue weighted by atomic mass is 16.5. The highest BCUT2D eigenvalue weighted by Crippen LogP contribution is 2.39. The summed E-state index contributed by atoms with van der Waals surface area (Å²) in [5.74, 6) is -0.168. The minimum atomic E-state index is -0.993. The summed E-state index contributed by atoms with van der Waals surface area (Å²) in [5.41, 5.74) is 5.02. The van der Waals surface area contributed by atoms with Gasteiger partial charge in [0.2, 0.25) is 17.8 Å². The number of allylic oxidation sites excluding steroid dienone is 1. The summed E-state index contributed by atoms with van der Waals surface area (Å²) in [5, 5.41) is 29.6. The van der Waals surface area contributed by atoms with Gasteiger partial charge in [0.25, 0.3) is 5.56 Å². The van der Waals surface area contributed by atoms with E-state index in [1.807, 2.05) is 55.5 Å². The Hall–Kier alpha value is -6.43. The first-order valence-corrected chi connectivity index (χ1v) is 22.1. The maximum Gasteiger partial charge on any atom is 0.278 e. The third-order valence-electron chi connectivity index (χ3n) is 13.3. The van der Waals surface area contributed by atoms with Gasteiger partial charge in [-0.15, -0.1) is 6.58 Å². The van der Waals surface area contributed by atoms with E-state index in [0.717, 1.165) is 86.5 Å². The quantitative estimate of drug-likeness (QED) is 0.0584. The molecule has 7 heterocycles. The molecule has 5 N–H and O–H groups in total. The number of nitrogens with one attached hydrogen (secondary N) is 4. The number of aromatic nitrogens is 6. The van der Waals surface area contributed by atoms with E-state index in [4.69, 9.17) is 14.5 Å². The number of rotatable bonds is 14. The van der Waals surface area contributed by atoms with Gasteiger partial charge < -0.3 is 30.5 Å². The fourth-order valence-electron chi connectivity index (χ4n) is 9.61. The monoisotopic (exact) mass is 852 g/mol. The molecule has 17 heteroatoms. The first kappa shape index (κ1) is 40.6. The number of nitrogens with zero attached hydrogens (tertiary/aromatic N) is 8. The third-order valence-corrected chi connectivity index (χ3v) is 13.3. The number of hydrogen-bond donors (Lipinski definition) is 5. The van der Waals surface area contributed by atoms with Gasteiger partial charge in [-0.3, -0.25) is 24.6 Å². The lowest BCUT2D eigenvalue weighted by molar-refractivity contribution is -0.134. The average Bonchev–Trinajstić information content (AvgIpc) is 3.94. The normalized spacial score (nSPS) is 20.9. The SMILES string of the molecule is C=CCn1c(=O)c2cnc(Nc3ccc(NCCNC4CCN(C5CN(c6ccc7c(C8CCC(=O)NC8=O)noc7c6)C5)CC4)cc3)nc2n1-c1ccc2c(n1)[C@@](O)(CC)CC2. The Bertz CT molecular complexity index is 2770. The number of imide groups is 1. The van der Waals surface area contributed by atoms with Crippen LogP contribution in [-0.4, -0.2) is 103 Å². The Morgan fingerprint density at radius 3 is 2.56 bits per heavy atom. The maximum atomic E-state index is 13.5. The van der Waals surface area contributed by atoms with Crippen LogP contribution in [0.25, 0.3) is 27.8 Å². The summed E-state index contributed by atoms with van der Waals surface area (Å²) in [6, 6.07) is 18.9. The molecule has 2 aromatic carbocycles. The minimum Gasteiger partial charge on any atom is -0.384 e. The Morgan fingerprint density at radius 2 is 1.78 bits per heavy atom. The van der Waals surface area contributed by atoms with E-state index in [-0.39, 0.29) is 23.9 Å². The second kappa shape index (κ2) is 16.7. The average molecular weight is 853 g/mol. The molecule has 0 bridgehead atoms. The molecule has 4 aliphatic rings. The molecule has 4 aromatic heterocycles. The fraction of sp³-hybridized carbons (Fsp3) is 0.413. The van der Waals surface area contributed by atoms with Crippen molar-refractivity contribution in [1.29, 1.82) is 0 Å². The molecular weight excluding hydrogens is 801 g/mol. The second-order valence-electron chi connectivity index (χ2n) is 17.2. The number of hydrogen-bond acceptors (Lipinski definition) is 14. The predicted octanol–water partition coefficient (Wildman–Crippen LogP) is 4.47. The molecule has 0 radical (unpaired) electrons. The summed E-state index contributed by atoms with van der Waals surface area (Å²) >= 11 is 0. The molecule has 17 nitrogen and oxygen atoms in total. The van der Waals surface area contributed by atoms with Gasteiger partial charge in [0.1, 0.15) is 16.7 Å². The summed E-state index contributed by atoms with van der Waals surface area (Å²) in [7, 11) is 0. The van der Waals surface area contributed by atoms with Crippen molar-refractivity contribution < 1.29 is 19.2 Å². The molecule has 2 atom stereocenters. The van der Waals surface area contributed by atoms with Gasteiger partial charge in [-0.1, -0.05) is 24.2 Å². The summed E-state index contributed by atoms with van der Waals surface area (Å²) < 4.78 is 8.88. The molecule has 0 spiro atoms. The number of piperidine rings is 2. The number of aliphatic hydroxyl groups is 1. The number of carbonyl (C=O) groups is 2. The van der Waals surface area contributed by atoms with Gasteiger partial charge in [0, 0.05) is 92.5 Å². The lowest BCUT2D eigenvalue weighted by Gasteiger charge is -2.48. The number of anilines is 4. The van der Waals surface area contributed by atoms with E-state index >= 15 is 0 Å². The van der Waals surface area contributed by atoms with Gasteiger partial charge in [-0.25, -0.2) is 19.3 Å². The van der Waals surface area contributed by atoms with Crippen molar-refractivity contribution in [2.24, 2.45) is 0 Å². The van der Waals surface area contributed by atoms with E-state index in [9.17, 15) is 19.5 Å².